The molecule has 0 bridgehead atoms. The van der Waals surface area contributed by atoms with E-state index in [-0.39, 0.29) is 0 Å². The van der Waals surface area contributed by atoms with Crippen LogP contribution in [0.25, 0.3) is 22.5 Å². The number of benzene rings is 4. The lowest BCUT2D eigenvalue weighted by atomic mass is 9.98. The number of nitrogens with zero attached hydrogens (tertiary/aromatic N) is 1. The second-order valence-corrected chi connectivity index (χ2v) is 9.08. The van der Waals surface area contributed by atoms with Crippen LogP contribution in [0, 0.1) is 13.8 Å². The van der Waals surface area contributed by atoms with Crippen LogP contribution in [0.1, 0.15) is 22.4 Å². The first-order valence-electron chi connectivity index (χ1n) is 11.8. The molecule has 5 aromatic rings. The molecule has 180 valence electrons. The number of aromatic nitrogens is 1. The van der Waals surface area contributed by atoms with Gasteiger partial charge in [0.2, 0.25) is 0 Å². The Labute approximate surface area is 216 Å². The van der Waals surface area contributed by atoms with E-state index in [9.17, 15) is 0 Å². The van der Waals surface area contributed by atoms with Crippen molar-refractivity contribution in [2.75, 3.05) is 0 Å². The molecule has 4 nitrogen and oxygen atoms in total. The summed E-state index contributed by atoms with van der Waals surface area (Å²) in [6.07, 6.45) is 0. The van der Waals surface area contributed by atoms with Gasteiger partial charge in [-0.25, -0.2) is 0 Å². The summed E-state index contributed by atoms with van der Waals surface area (Å²) in [6.45, 7) is 4.79. The molecule has 36 heavy (non-hydrogen) atoms. The summed E-state index contributed by atoms with van der Waals surface area (Å²) in [4.78, 5) is 0. The number of aryl methyl sites for hydroxylation is 2. The summed E-state index contributed by atoms with van der Waals surface area (Å²) in [5.74, 6) is 1.76. The molecule has 5 heteroatoms. The molecule has 5 rings (SSSR count). The van der Waals surface area contributed by atoms with Crippen molar-refractivity contribution < 1.29 is 14.0 Å². The summed E-state index contributed by atoms with van der Waals surface area (Å²) in [5.41, 5.74) is 6.72. The molecule has 0 atom stereocenters. The van der Waals surface area contributed by atoms with Gasteiger partial charge in [-0.2, -0.15) is 0 Å². The van der Waals surface area contributed by atoms with E-state index in [1.165, 1.54) is 0 Å². The lowest BCUT2D eigenvalue weighted by Gasteiger charge is -2.15. The van der Waals surface area contributed by atoms with E-state index in [1.807, 2.05) is 85.8 Å². The van der Waals surface area contributed by atoms with Gasteiger partial charge in [-0.15, -0.1) is 0 Å². The molecule has 0 aliphatic rings. The summed E-state index contributed by atoms with van der Waals surface area (Å²) < 4.78 is 18.3. The highest BCUT2D eigenvalue weighted by atomic mass is 35.5. The van der Waals surface area contributed by atoms with Gasteiger partial charge in [0.15, 0.2) is 5.76 Å². The molecule has 0 amide bonds. The van der Waals surface area contributed by atoms with Crippen molar-refractivity contribution in [3.8, 4) is 33.9 Å². The zero-order valence-corrected chi connectivity index (χ0v) is 21.0. The van der Waals surface area contributed by atoms with Crippen molar-refractivity contribution in [3.63, 3.8) is 0 Å². The fraction of sp³-hybridized carbons (Fsp3) is 0.129. The summed E-state index contributed by atoms with van der Waals surface area (Å²) in [6, 6.07) is 31.9. The lowest BCUT2D eigenvalue weighted by Crippen LogP contribution is -2.00. The van der Waals surface area contributed by atoms with Crippen molar-refractivity contribution in [1.29, 1.82) is 0 Å². The van der Waals surface area contributed by atoms with Crippen LogP contribution < -0.4 is 9.47 Å². The average Bonchev–Trinajstić information content (AvgIpc) is 3.29. The van der Waals surface area contributed by atoms with Crippen molar-refractivity contribution in [2.45, 2.75) is 27.1 Å². The Morgan fingerprint density at radius 1 is 0.722 bits per heavy atom. The van der Waals surface area contributed by atoms with Gasteiger partial charge >= 0.3 is 0 Å². The minimum absolute atomic E-state index is 0.389. The van der Waals surface area contributed by atoms with Crippen LogP contribution in [0.15, 0.2) is 102 Å². The van der Waals surface area contributed by atoms with Crippen molar-refractivity contribution in [2.24, 2.45) is 0 Å². The number of rotatable bonds is 8. The molecule has 0 fully saturated rings. The fourth-order valence-electron chi connectivity index (χ4n) is 4.11. The van der Waals surface area contributed by atoms with Gasteiger partial charge in [0.05, 0.1) is 21.8 Å². The second kappa shape index (κ2) is 10.7. The Morgan fingerprint density at radius 3 is 2.00 bits per heavy atom. The smallest absolute Gasteiger partial charge is 0.178 e. The van der Waals surface area contributed by atoms with Crippen LogP contribution in [0.5, 0.6) is 11.5 Å². The van der Waals surface area contributed by atoms with E-state index < -0.39 is 0 Å². The zero-order valence-electron chi connectivity index (χ0n) is 20.2. The largest absolute Gasteiger partial charge is 0.488 e. The van der Waals surface area contributed by atoms with Gasteiger partial charge in [0.1, 0.15) is 24.7 Å². The number of halogens is 1. The van der Waals surface area contributed by atoms with Gasteiger partial charge in [0, 0.05) is 6.07 Å². The molecule has 0 saturated carbocycles. The topological polar surface area (TPSA) is 44.5 Å². The van der Waals surface area contributed by atoms with Crippen LogP contribution in [0.3, 0.4) is 0 Å². The third-order valence-corrected chi connectivity index (χ3v) is 6.22. The van der Waals surface area contributed by atoms with Crippen LogP contribution in [0.2, 0.25) is 5.02 Å². The number of hydrogen-bond acceptors (Lipinski definition) is 4. The molecule has 0 spiro atoms. The predicted molar refractivity (Wildman–Crippen MR) is 143 cm³/mol. The maximum atomic E-state index is 6.72. The Hall–Kier alpha value is -4.02. The predicted octanol–water partition coefficient (Wildman–Crippen LogP) is 8.44. The zero-order chi connectivity index (χ0) is 24.9. The van der Waals surface area contributed by atoms with E-state index in [4.69, 9.17) is 25.6 Å². The van der Waals surface area contributed by atoms with Crippen molar-refractivity contribution in [3.05, 3.63) is 124 Å². The van der Waals surface area contributed by atoms with Crippen molar-refractivity contribution >= 4 is 11.6 Å². The van der Waals surface area contributed by atoms with Gasteiger partial charge < -0.3 is 14.0 Å². The molecule has 0 saturated heterocycles. The standard InChI is InChI=1S/C31H26ClNO3/c1-21-10-9-15-25(16-21)30-22(2)33-36-31(30)26-17-27(32)29(35-20-24-13-7-4-8-14-24)18-28(26)34-19-23-11-5-3-6-12-23/h3-18H,19-20H2,1-2H3. The molecule has 0 aliphatic carbocycles. The molecule has 0 unspecified atom stereocenters. The molecule has 0 N–H and O–H groups in total. The maximum Gasteiger partial charge on any atom is 0.178 e. The Morgan fingerprint density at radius 2 is 1.36 bits per heavy atom. The van der Waals surface area contributed by atoms with Crippen LogP contribution in [0.4, 0.5) is 0 Å². The molecule has 4 aromatic carbocycles. The van der Waals surface area contributed by atoms with Gasteiger partial charge in [-0.05, 0) is 36.6 Å². The van der Waals surface area contributed by atoms with E-state index >= 15 is 0 Å². The fourth-order valence-corrected chi connectivity index (χ4v) is 4.33. The molecular weight excluding hydrogens is 470 g/mol. The summed E-state index contributed by atoms with van der Waals surface area (Å²) >= 11 is 6.72. The van der Waals surface area contributed by atoms with Gasteiger partial charge in [-0.1, -0.05) is 107 Å². The number of ether oxygens (including phenoxy) is 2. The molecule has 1 aromatic heterocycles. The monoisotopic (exact) mass is 495 g/mol. The number of hydrogen-bond donors (Lipinski definition) is 0. The van der Waals surface area contributed by atoms with E-state index in [2.05, 4.69) is 30.3 Å². The highest BCUT2D eigenvalue weighted by Gasteiger charge is 2.23. The molecule has 1 heterocycles. The SMILES string of the molecule is Cc1cccc(-c2c(C)noc2-c2cc(Cl)c(OCc3ccccc3)cc2OCc2ccccc2)c1. The minimum Gasteiger partial charge on any atom is -0.488 e. The van der Waals surface area contributed by atoms with Gasteiger partial charge in [0.25, 0.3) is 0 Å². The first-order valence-corrected chi connectivity index (χ1v) is 12.2. The Kier molecular flexibility index (Phi) is 7.06. The molecular formula is C31H26ClNO3. The lowest BCUT2D eigenvalue weighted by molar-refractivity contribution is 0.290. The average molecular weight is 496 g/mol. The normalized spacial score (nSPS) is 10.9. The summed E-state index contributed by atoms with van der Waals surface area (Å²) in [5, 5.41) is 4.75. The first-order chi connectivity index (χ1) is 17.6. The first kappa shape index (κ1) is 23.7. The van der Waals surface area contributed by atoms with Crippen LogP contribution in [-0.2, 0) is 13.2 Å². The van der Waals surface area contributed by atoms with E-state index in [1.54, 1.807) is 0 Å². The minimum atomic E-state index is 0.389. The van der Waals surface area contributed by atoms with Crippen LogP contribution >= 0.6 is 11.6 Å². The van der Waals surface area contributed by atoms with E-state index in [0.717, 1.165) is 39.1 Å². The highest BCUT2D eigenvalue weighted by Crippen LogP contribution is 2.44. The van der Waals surface area contributed by atoms with Gasteiger partial charge in [-0.3, -0.25) is 0 Å². The third-order valence-electron chi connectivity index (χ3n) is 5.92. The third kappa shape index (κ3) is 5.29. The van der Waals surface area contributed by atoms with E-state index in [0.29, 0.717) is 35.5 Å². The Bertz CT molecular complexity index is 1460. The highest BCUT2D eigenvalue weighted by molar-refractivity contribution is 6.32. The second-order valence-electron chi connectivity index (χ2n) is 8.67. The van der Waals surface area contributed by atoms with Crippen LogP contribution in [-0.4, -0.2) is 5.16 Å². The quantitative estimate of drug-likeness (QED) is 0.216. The Balaban J connectivity index is 1.55. The summed E-state index contributed by atoms with van der Waals surface area (Å²) in [7, 11) is 0. The van der Waals surface area contributed by atoms with Crippen molar-refractivity contribution in [1.82, 2.24) is 5.16 Å². The maximum absolute atomic E-state index is 6.72. The molecule has 0 aliphatic heterocycles. The molecule has 0 radical (unpaired) electrons.